The molecule has 0 aliphatic carbocycles. The zero-order valence-corrected chi connectivity index (χ0v) is 32.9. The summed E-state index contributed by atoms with van der Waals surface area (Å²) in [5.74, 6) is 1.95. The Bertz CT molecular complexity index is 3850. The maximum absolute atomic E-state index is 5.09. The van der Waals surface area contributed by atoms with Crippen molar-refractivity contribution >= 4 is 86.4 Å². The molecule has 0 atom stereocenters. The summed E-state index contributed by atoms with van der Waals surface area (Å²) < 4.78 is 2.46. The van der Waals surface area contributed by atoms with Gasteiger partial charge in [0.25, 0.3) is 0 Å². The third-order valence-corrected chi connectivity index (χ3v) is 12.6. The molecule has 11 aromatic carbocycles. The van der Waals surface area contributed by atoms with Crippen LogP contribution in [0.3, 0.4) is 0 Å². The smallest absolute Gasteiger partial charge is 0.164 e. The maximum atomic E-state index is 5.09. The van der Waals surface area contributed by atoms with Crippen molar-refractivity contribution in [2.24, 2.45) is 0 Å². The summed E-state index contributed by atoms with van der Waals surface area (Å²) >= 11 is 0. The Morgan fingerprint density at radius 1 is 0.230 bits per heavy atom. The Labute approximate surface area is 350 Å². The summed E-state index contributed by atoms with van der Waals surface area (Å²) in [7, 11) is 0. The molecule has 0 fully saturated rings. The van der Waals surface area contributed by atoms with Crippen LogP contribution in [0, 0.1) is 0 Å². The highest BCUT2D eigenvalue weighted by Crippen LogP contribution is 2.44. The SMILES string of the molecule is c1ccc(-c2nc(-c3ccccc3)nc(-c3ccc4c(c3)c3ccccc3c3cc5c6cc7c8ccccc8c8ccccc8c7cc6n(-c6ccccc6)c5cc43)n2)cc1. The normalized spacial score (nSPS) is 11.9. The highest BCUT2D eigenvalue weighted by Gasteiger charge is 2.20. The van der Waals surface area contributed by atoms with E-state index in [1.807, 2.05) is 36.4 Å². The van der Waals surface area contributed by atoms with Gasteiger partial charge in [-0.3, -0.25) is 0 Å². The summed E-state index contributed by atoms with van der Waals surface area (Å²) in [6, 6.07) is 74.1. The average molecular weight is 775 g/mol. The molecule has 0 saturated carbocycles. The van der Waals surface area contributed by atoms with E-state index in [9.17, 15) is 0 Å². The molecule has 61 heavy (non-hydrogen) atoms. The van der Waals surface area contributed by atoms with Crippen LogP contribution in [0.15, 0.2) is 206 Å². The van der Waals surface area contributed by atoms with Crippen LogP contribution in [-0.2, 0) is 0 Å². The first-order valence-corrected chi connectivity index (χ1v) is 20.8. The summed E-state index contributed by atoms with van der Waals surface area (Å²) in [6.07, 6.45) is 0. The summed E-state index contributed by atoms with van der Waals surface area (Å²) in [5.41, 5.74) is 6.35. The lowest BCUT2D eigenvalue weighted by atomic mass is 9.91. The number of fused-ring (bicyclic) bond motifs is 15. The zero-order chi connectivity index (χ0) is 40.0. The van der Waals surface area contributed by atoms with Gasteiger partial charge in [0.1, 0.15) is 0 Å². The monoisotopic (exact) mass is 774 g/mol. The van der Waals surface area contributed by atoms with E-state index in [1.165, 1.54) is 81.1 Å². The second-order valence-corrected chi connectivity index (χ2v) is 15.9. The van der Waals surface area contributed by atoms with E-state index in [-0.39, 0.29) is 0 Å². The predicted molar refractivity (Wildman–Crippen MR) is 256 cm³/mol. The molecule has 0 spiro atoms. The average Bonchev–Trinajstić information content (AvgIpc) is 3.65. The van der Waals surface area contributed by atoms with Crippen molar-refractivity contribution in [1.82, 2.24) is 19.5 Å². The minimum absolute atomic E-state index is 0.644. The van der Waals surface area contributed by atoms with Crippen molar-refractivity contribution in [3.63, 3.8) is 0 Å². The Kier molecular flexibility index (Phi) is 7.27. The van der Waals surface area contributed by atoms with Gasteiger partial charge in [0.05, 0.1) is 11.0 Å². The van der Waals surface area contributed by atoms with Crippen LogP contribution < -0.4 is 0 Å². The molecule has 0 unspecified atom stereocenters. The van der Waals surface area contributed by atoms with Gasteiger partial charge in [0.2, 0.25) is 0 Å². The Balaban J connectivity index is 1.12. The number of nitrogens with zero attached hydrogens (tertiary/aromatic N) is 4. The highest BCUT2D eigenvalue weighted by atomic mass is 15.0. The topological polar surface area (TPSA) is 43.6 Å². The predicted octanol–water partition coefficient (Wildman–Crippen LogP) is 14.9. The first-order chi connectivity index (χ1) is 30.2. The molecule has 0 bridgehead atoms. The summed E-state index contributed by atoms with van der Waals surface area (Å²) in [5, 5.41) is 17.3. The number of hydrogen-bond acceptors (Lipinski definition) is 3. The highest BCUT2D eigenvalue weighted by molar-refractivity contribution is 6.32. The second kappa shape index (κ2) is 13.2. The molecule has 0 saturated heterocycles. The molecular weight excluding hydrogens is 741 g/mol. The van der Waals surface area contributed by atoms with Crippen LogP contribution >= 0.6 is 0 Å². The van der Waals surface area contributed by atoms with Gasteiger partial charge in [-0.1, -0.05) is 164 Å². The molecular formula is C57H34N4. The summed E-state index contributed by atoms with van der Waals surface area (Å²) in [6.45, 7) is 0. The molecule has 2 heterocycles. The molecule has 4 heteroatoms. The fraction of sp³-hybridized carbons (Fsp3) is 0. The lowest BCUT2D eigenvalue weighted by Crippen LogP contribution is -2.00. The number of rotatable bonds is 4. The fourth-order valence-corrected chi connectivity index (χ4v) is 9.79. The van der Waals surface area contributed by atoms with Crippen molar-refractivity contribution in [2.75, 3.05) is 0 Å². The standard InChI is InChI=1S/C57H34N4/c1-4-16-35(17-5-1)55-58-56(36-18-6-2-7-19-36)60-57(59-55)37-28-29-45-46(30-37)43-26-14-15-27-44(43)48-32-52-51-31-47-41-24-12-10-22-39(41)40-23-11-13-25-42(40)49(47)33-53(51)61(54(52)34-50(45)48)38-20-8-3-9-21-38/h1-34H. The summed E-state index contributed by atoms with van der Waals surface area (Å²) in [4.78, 5) is 15.1. The van der Waals surface area contributed by atoms with Crippen LogP contribution in [-0.4, -0.2) is 19.5 Å². The number of aromatic nitrogens is 4. The van der Waals surface area contributed by atoms with Crippen LogP contribution in [0.1, 0.15) is 0 Å². The molecule has 13 rings (SSSR count). The van der Waals surface area contributed by atoms with Crippen molar-refractivity contribution < 1.29 is 0 Å². The second-order valence-electron chi connectivity index (χ2n) is 15.9. The van der Waals surface area contributed by atoms with Gasteiger partial charge >= 0.3 is 0 Å². The van der Waals surface area contributed by atoms with E-state index in [4.69, 9.17) is 15.0 Å². The lowest BCUT2D eigenvalue weighted by Gasteiger charge is -2.14. The Morgan fingerprint density at radius 3 is 1.00 bits per heavy atom. The van der Waals surface area contributed by atoms with Gasteiger partial charge < -0.3 is 4.57 Å². The molecule has 0 radical (unpaired) electrons. The van der Waals surface area contributed by atoms with Crippen LogP contribution in [0.2, 0.25) is 0 Å². The van der Waals surface area contributed by atoms with Crippen LogP contribution in [0.25, 0.3) is 126 Å². The van der Waals surface area contributed by atoms with Crippen molar-refractivity contribution in [3.05, 3.63) is 206 Å². The number of hydrogen-bond donors (Lipinski definition) is 0. The van der Waals surface area contributed by atoms with E-state index in [1.54, 1.807) is 0 Å². The van der Waals surface area contributed by atoms with E-state index in [2.05, 4.69) is 174 Å². The van der Waals surface area contributed by atoms with Crippen molar-refractivity contribution in [2.45, 2.75) is 0 Å². The molecule has 0 aliphatic heterocycles. The Morgan fingerprint density at radius 2 is 0.557 bits per heavy atom. The van der Waals surface area contributed by atoms with E-state index < -0.39 is 0 Å². The third-order valence-electron chi connectivity index (χ3n) is 12.6. The van der Waals surface area contributed by atoms with E-state index >= 15 is 0 Å². The van der Waals surface area contributed by atoms with Gasteiger partial charge in [0.15, 0.2) is 17.5 Å². The molecule has 4 nitrogen and oxygen atoms in total. The molecule has 0 amide bonds. The third kappa shape index (κ3) is 5.16. The lowest BCUT2D eigenvalue weighted by molar-refractivity contribution is 1.07. The van der Waals surface area contributed by atoms with Gasteiger partial charge in [-0.15, -0.1) is 0 Å². The molecule has 282 valence electrons. The quantitative estimate of drug-likeness (QED) is 0.167. The van der Waals surface area contributed by atoms with E-state index in [0.717, 1.165) is 27.8 Å². The van der Waals surface area contributed by atoms with E-state index in [0.29, 0.717) is 17.5 Å². The molecule has 0 N–H and O–H groups in total. The van der Waals surface area contributed by atoms with Gasteiger partial charge in [-0.25, -0.2) is 15.0 Å². The van der Waals surface area contributed by atoms with Crippen LogP contribution in [0.4, 0.5) is 0 Å². The largest absolute Gasteiger partial charge is 0.309 e. The maximum Gasteiger partial charge on any atom is 0.164 e. The minimum Gasteiger partial charge on any atom is -0.309 e. The molecule has 13 aromatic rings. The van der Waals surface area contributed by atoms with Crippen LogP contribution in [0.5, 0.6) is 0 Å². The Hall–Kier alpha value is -8.21. The number of benzene rings is 11. The van der Waals surface area contributed by atoms with Gasteiger partial charge in [-0.05, 0) is 107 Å². The number of para-hydroxylation sites is 1. The first-order valence-electron chi connectivity index (χ1n) is 20.8. The molecule has 2 aromatic heterocycles. The van der Waals surface area contributed by atoms with Crippen molar-refractivity contribution in [3.8, 4) is 39.9 Å². The minimum atomic E-state index is 0.644. The zero-order valence-electron chi connectivity index (χ0n) is 32.9. The van der Waals surface area contributed by atoms with Crippen molar-refractivity contribution in [1.29, 1.82) is 0 Å². The fourth-order valence-electron chi connectivity index (χ4n) is 9.79. The molecule has 0 aliphatic rings. The van der Waals surface area contributed by atoms with Gasteiger partial charge in [0, 0.05) is 33.2 Å². The van der Waals surface area contributed by atoms with Gasteiger partial charge in [-0.2, -0.15) is 0 Å². The first kappa shape index (κ1) is 33.7.